The second-order valence-electron chi connectivity index (χ2n) is 4.66. The lowest BCUT2D eigenvalue weighted by Gasteiger charge is -2.43. The van der Waals surface area contributed by atoms with Crippen molar-refractivity contribution < 1.29 is 27.5 Å². The van der Waals surface area contributed by atoms with Crippen LogP contribution in [-0.4, -0.2) is 53.1 Å². The average Bonchev–Trinajstić information content (AvgIpc) is 2.65. The van der Waals surface area contributed by atoms with Crippen LogP contribution in [0.3, 0.4) is 0 Å². The van der Waals surface area contributed by atoms with Crippen molar-refractivity contribution in [3.8, 4) is 0 Å². The molecule has 0 bridgehead atoms. The summed E-state index contributed by atoms with van der Waals surface area (Å²) in [5, 5.41) is 0. The smallest absolute Gasteiger partial charge is 0.377 e. The molecule has 20 heavy (non-hydrogen) atoms. The van der Waals surface area contributed by atoms with E-state index in [1.807, 2.05) is 0 Å². The number of ether oxygens (including phenoxy) is 1. The second-order valence-corrected chi connectivity index (χ2v) is 5.86. The van der Waals surface area contributed by atoms with Gasteiger partial charge in [0.15, 0.2) is 0 Å². The Morgan fingerprint density at radius 3 is 2.55 bits per heavy atom. The molecule has 0 aromatic carbocycles. The Kier molecular flexibility index (Phi) is 5.48. The zero-order valence-corrected chi connectivity index (χ0v) is 12.4. The Morgan fingerprint density at radius 2 is 2.15 bits per heavy atom. The van der Waals surface area contributed by atoms with Crippen molar-refractivity contribution in [2.24, 2.45) is 0 Å². The summed E-state index contributed by atoms with van der Waals surface area (Å²) < 4.78 is 45.9. The predicted molar refractivity (Wildman–Crippen MR) is 69.3 cm³/mol. The molecule has 1 fully saturated rings. The minimum absolute atomic E-state index is 0.0108. The number of hydrogen-bond acceptors (Lipinski definition) is 4. The summed E-state index contributed by atoms with van der Waals surface area (Å²) in [5.74, 6) is -1.23. The number of alkyl halides is 3. The number of methoxy groups -OCH3 is 1. The lowest BCUT2D eigenvalue weighted by atomic mass is 10.0. The van der Waals surface area contributed by atoms with Gasteiger partial charge in [0.25, 0.3) is 0 Å². The third-order valence-electron chi connectivity index (χ3n) is 3.16. The average molecular weight is 313 g/mol. The van der Waals surface area contributed by atoms with E-state index in [0.29, 0.717) is 18.2 Å². The molecule has 0 unspecified atom stereocenters. The van der Waals surface area contributed by atoms with Crippen molar-refractivity contribution in [1.29, 1.82) is 0 Å². The van der Waals surface area contributed by atoms with Crippen LogP contribution in [0.1, 0.15) is 26.7 Å². The molecule has 1 amide bonds. The third-order valence-corrected chi connectivity index (χ3v) is 4.71. The van der Waals surface area contributed by atoms with Crippen LogP contribution in [0.2, 0.25) is 0 Å². The molecule has 1 aliphatic heterocycles. The number of rotatable bonds is 6. The minimum atomic E-state index is -4.67. The van der Waals surface area contributed by atoms with Gasteiger partial charge in [0.2, 0.25) is 10.8 Å². The standard InChI is InChI=1S/C12H18F3NO3S/c1-4-5-16-10(18)7-20-11(16,12(13,14)15)9(19-3)6-8(2)17/h9H,4-7H2,1-3H3/t9-,11+/m1/s1. The summed E-state index contributed by atoms with van der Waals surface area (Å²) in [6.07, 6.45) is -6.05. The van der Waals surface area contributed by atoms with Crippen molar-refractivity contribution in [1.82, 2.24) is 4.90 Å². The zero-order valence-electron chi connectivity index (χ0n) is 11.6. The molecule has 1 saturated heterocycles. The molecule has 0 spiro atoms. The van der Waals surface area contributed by atoms with Gasteiger partial charge in [-0.1, -0.05) is 6.92 Å². The molecule has 4 nitrogen and oxygen atoms in total. The van der Waals surface area contributed by atoms with E-state index in [1.165, 1.54) is 6.92 Å². The predicted octanol–water partition coefficient (Wildman–Crippen LogP) is 2.22. The van der Waals surface area contributed by atoms with Crippen LogP contribution in [0.4, 0.5) is 13.2 Å². The highest BCUT2D eigenvalue weighted by atomic mass is 32.2. The number of carbonyl (C=O) groups is 2. The lowest BCUT2D eigenvalue weighted by molar-refractivity contribution is -0.224. The first-order valence-corrected chi connectivity index (χ1v) is 7.22. The number of ketones is 1. The van der Waals surface area contributed by atoms with Crippen LogP contribution in [0.5, 0.6) is 0 Å². The fourth-order valence-corrected chi connectivity index (χ4v) is 3.73. The largest absolute Gasteiger partial charge is 0.423 e. The number of carbonyl (C=O) groups excluding carboxylic acids is 2. The van der Waals surface area contributed by atoms with Gasteiger partial charge < -0.3 is 9.64 Å². The fourth-order valence-electron chi connectivity index (χ4n) is 2.35. The monoisotopic (exact) mass is 313 g/mol. The number of halogens is 3. The molecule has 1 rings (SSSR count). The van der Waals surface area contributed by atoms with Gasteiger partial charge in [0.1, 0.15) is 11.9 Å². The molecule has 0 aliphatic carbocycles. The lowest BCUT2D eigenvalue weighted by Crippen LogP contribution is -2.62. The molecule has 0 saturated carbocycles. The summed E-state index contributed by atoms with van der Waals surface area (Å²) in [6.45, 7) is 2.90. The maximum atomic E-state index is 13.6. The first-order valence-electron chi connectivity index (χ1n) is 6.24. The van der Waals surface area contributed by atoms with Gasteiger partial charge in [-0.3, -0.25) is 9.59 Å². The highest BCUT2D eigenvalue weighted by Crippen LogP contribution is 2.52. The summed E-state index contributed by atoms with van der Waals surface area (Å²) in [7, 11) is 1.13. The Balaban J connectivity index is 3.28. The molecule has 1 heterocycles. The Morgan fingerprint density at radius 1 is 1.55 bits per heavy atom. The van der Waals surface area contributed by atoms with Crippen LogP contribution in [0, 0.1) is 0 Å². The van der Waals surface area contributed by atoms with Gasteiger partial charge in [0, 0.05) is 20.1 Å². The van der Waals surface area contributed by atoms with E-state index in [4.69, 9.17) is 4.74 Å². The summed E-state index contributed by atoms with van der Waals surface area (Å²) in [5.41, 5.74) is 0. The molecule has 0 N–H and O–H groups in total. The molecule has 8 heteroatoms. The van der Waals surface area contributed by atoms with Crippen LogP contribution in [0.15, 0.2) is 0 Å². The third kappa shape index (κ3) is 2.95. The number of hydrogen-bond donors (Lipinski definition) is 0. The van der Waals surface area contributed by atoms with Crippen molar-refractivity contribution in [3.05, 3.63) is 0 Å². The second kappa shape index (κ2) is 6.34. The Bertz CT molecular complexity index is 389. The van der Waals surface area contributed by atoms with Crippen molar-refractivity contribution in [2.45, 2.75) is 43.8 Å². The highest BCUT2D eigenvalue weighted by molar-refractivity contribution is 8.01. The van der Waals surface area contributed by atoms with E-state index in [9.17, 15) is 22.8 Å². The van der Waals surface area contributed by atoms with E-state index < -0.39 is 28.8 Å². The van der Waals surface area contributed by atoms with Gasteiger partial charge >= 0.3 is 6.18 Å². The van der Waals surface area contributed by atoms with Crippen LogP contribution in [0.25, 0.3) is 0 Å². The molecular formula is C12H18F3NO3S. The molecular weight excluding hydrogens is 295 g/mol. The van der Waals surface area contributed by atoms with Crippen molar-refractivity contribution in [2.75, 3.05) is 19.4 Å². The van der Waals surface area contributed by atoms with Crippen LogP contribution >= 0.6 is 11.8 Å². The number of nitrogens with zero attached hydrogens (tertiary/aromatic N) is 1. The summed E-state index contributed by atoms with van der Waals surface area (Å²) in [4.78, 5) is 21.4. The molecule has 1 aliphatic rings. The molecule has 0 radical (unpaired) electrons. The maximum absolute atomic E-state index is 13.6. The normalized spacial score (nSPS) is 25.1. The number of Topliss-reactive ketones (excluding diaryl/α,β-unsaturated/α-hetero) is 1. The van der Waals surface area contributed by atoms with Gasteiger partial charge in [-0.15, -0.1) is 11.8 Å². The Hall–Kier alpha value is -0.760. The van der Waals surface area contributed by atoms with E-state index in [-0.39, 0.29) is 18.7 Å². The van der Waals surface area contributed by atoms with E-state index in [0.717, 1.165) is 12.0 Å². The van der Waals surface area contributed by atoms with Gasteiger partial charge in [-0.05, 0) is 13.3 Å². The van der Waals surface area contributed by atoms with Crippen molar-refractivity contribution >= 4 is 23.5 Å². The molecule has 116 valence electrons. The fraction of sp³-hybridized carbons (Fsp3) is 0.833. The van der Waals surface area contributed by atoms with Crippen LogP contribution in [-0.2, 0) is 14.3 Å². The van der Waals surface area contributed by atoms with Gasteiger partial charge in [0.05, 0.1) is 5.75 Å². The van der Waals surface area contributed by atoms with E-state index in [1.54, 1.807) is 6.92 Å². The topological polar surface area (TPSA) is 46.6 Å². The van der Waals surface area contributed by atoms with Gasteiger partial charge in [-0.2, -0.15) is 13.2 Å². The van der Waals surface area contributed by atoms with Crippen LogP contribution < -0.4 is 0 Å². The minimum Gasteiger partial charge on any atom is -0.377 e. The maximum Gasteiger partial charge on any atom is 0.423 e. The number of amides is 1. The SMILES string of the molecule is CCCN1C(=O)CS[C@@]1([C@@H](CC(C)=O)OC)C(F)(F)F. The summed E-state index contributed by atoms with van der Waals surface area (Å²) in [6, 6.07) is 0. The molecule has 2 atom stereocenters. The van der Waals surface area contributed by atoms with E-state index >= 15 is 0 Å². The highest BCUT2D eigenvalue weighted by Gasteiger charge is 2.68. The van der Waals surface area contributed by atoms with Crippen molar-refractivity contribution in [3.63, 3.8) is 0 Å². The number of thioether (sulfide) groups is 1. The zero-order chi connectivity index (χ0) is 15.6. The molecule has 0 aromatic heterocycles. The molecule has 0 aromatic rings. The summed E-state index contributed by atoms with van der Waals surface area (Å²) >= 11 is 0.502. The first kappa shape index (κ1) is 17.3. The quantitative estimate of drug-likeness (QED) is 0.754. The van der Waals surface area contributed by atoms with Gasteiger partial charge in [-0.25, -0.2) is 0 Å². The van der Waals surface area contributed by atoms with E-state index in [2.05, 4.69) is 0 Å². The Labute approximate surface area is 120 Å². The first-order chi connectivity index (χ1) is 9.20.